The van der Waals surface area contributed by atoms with Crippen LogP contribution in [0.15, 0.2) is 18.2 Å². The van der Waals surface area contributed by atoms with E-state index in [0.717, 1.165) is 5.56 Å². The highest BCUT2D eigenvalue weighted by Crippen LogP contribution is 2.23. The Balaban J connectivity index is 2.95. The summed E-state index contributed by atoms with van der Waals surface area (Å²) < 4.78 is 14.0. The molecule has 2 N–H and O–H groups in total. The minimum Gasteiger partial charge on any atom is -0.395 e. The second kappa shape index (κ2) is 6.57. The number of benzene rings is 1. The number of hydrogen-bond donors (Lipinski definition) is 2. The molecule has 1 atom stereocenters. The highest BCUT2D eigenvalue weighted by atomic mass is 19.1. The molecule has 0 radical (unpaired) electrons. The minimum atomic E-state index is -0.236. The van der Waals surface area contributed by atoms with Gasteiger partial charge < -0.3 is 15.3 Å². The zero-order chi connectivity index (χ0) is 12.8. The van der Waals surface area contributed by atoms with Crippen LogP contribution in [0.5, 0.6) is 0 Å². The van der Waals surface area contributed by atoms with Gasteiger partial charge >= 0.3 is 0 Å². The first-order chi connectivity index (χ1) is 8.13. The summed E-state index contributed by atoms with van der Waals surface area (Å²) >= 11 is 0. The molecule has 0 saturated heterocycles. The molecule has 1 aromatic carbocycles. The normalized spacial score (nSPS) is 12.5. The van der Waals surface area contributed by atoms with Crippen molar-refractivity contribution in [2.24, 2.45) is 0 Å². The van der Waals surface area contributed by atoms with Crippen LogP contribution >= 0.6 is 0 Å². The average Bonchev–Trinajstić information content (AvgIpc) is 2.35. The van der Waals surface area contributed by atoms with Gasteiger partial charge in [0.05, 0.1) is 12.3 Å². The third kappa shape index (κ3) is 3.41. The molecule has 1 unspecified atom stereocenters. The number of anilines is 1. The Morgan fingerprint density at radius 1 is 1.47 bits per heavy atom. The van der Waals surface area contributed by atoms with E-state index in [0.29, 0.717) is 18.8 Å². The molecule has 96 valence electrons. The second-order valence-corrected chi connectivity index (χ2v) is 4.02. The zero-order valence-corrected chi connectivity index (χ0v) is 10.7. The third-order valence-electron chi connectivity index (χ3n) is 3.00. The highest BCUT2D eigenvalue weighted by Gasteiger charge is 2.12. The van der Waals surface area contributed by atoms with E-state index in [4.69, 9.17) is 5.11 Å². The first-order valence-electron chi connectivity index (χ1n) is 5.96. The summed E-state index contributed by atoms with van der Waals surface area (Å²) in [5.41, 5.74) is 1.47. The van der Waals surface area contributed by atoms with Gasteiger partial charge in [-0.25, -0.2) is 4.39 Å². The quantitative estimate of drug-likeness (QED) is 0.797. The first-order valence-corrected chi connectivity index (χ1v) is 5.96. The molecule has 1 rings (SSSR count). The van der Waals surface area contributed by atoms with Crippen molar-refractivity contribution in [2.75, 3.05) is 31.6 Å². The number of halogens is 1. The lowest BCUT2D eigenvalue weighted by Crippen LogP contribution is -2.27. The second-order valence-electron chi connectivity index (χ2n) is 4.02. The van der Waals surface area contributed by atoms with Crippen LogP contribution in [0.2, 0.25) is 0 Å². The Hall–Kier alpha value is -1.13. The number of nitrogens with zero attached hydrogens (tertiary/aromatic N) is 1. The average molecular weight is 240 g/mol. The van der Waals surface area contributed by atoms with Gasteiger partial charge in [0.25, 0.3) is 0 Å². The molecule has 3 nitrogen and oxygen atoms in total. The molecular formula is C13H21FN2O. The highest BCUT2D eigenvalue weighted by molar-refractivity contribution is 5.49. The molecular weight excluding hydrogens is 219 g/mol. The Kier molecular flexibility index (Phi) is 5.38. The van der Waals surface area contributed by atoms with Crippen molar-refractivity contribution in [1.29, 1.82) is 0 Å². The van der Waals surface area contributed by atoms with Crippen LogP contribution < -0.4 is 10.2 Å². The topological polar surface area (TPSA) is 35.5 Å². The monoisotopic (exact) mass is 240 g/mol. The van der Waals surface area contributed by atoms with Gasteiger partial charge in [0.15, 0.2) is 0 Å². The molecule has 1 aromatic rings. The summed E-state index contributed by atoms with van der Waals surface area (Å²) in [6.07, 6.45) is 0. The number of rotatable bonds is 6. The number of likely N-dealkylation sites (N-methyl/N-ethyl adjacent to an activating group) is 1. The fraction of sp³-hybridized carbons (Fsp3) is 0.538. The van der Waals surface area contributed by atoms with E-state index in [1.54, 1.807) is 12.1 Å². The maximum atomic E-state index is 14.0. The van der Waals surface area contributed by atoms with Crippen LogP contribution in [-0.2, 0) is 0 Å². The van der Waals surface area contributed by atoms with Gasteiger partial charge in [-0.1, -0.05) is 6.07 Å². The van der Waals surface area contributed by atoms with Crippen molar-refractivity contribution in [3.63, 3.8) is 0 Å². The van der Waals surface area contributed by atoms with Crippen molar-refractivity contribution >= 4 is 5.69 Å². The minimum absolute atomic E-state index is 0.0297. The first kappa shape index (κ1) is 13.9. The summed E-state index contributed by atoms with van der Waals surface area (Å²) in [7, 11) is 1.85. The van der Waals surface area contributed by atoms with Crippen LogP contribution in [0.3, 0.4) is 0 Å². The van der Waals surface area contributed by atoms with Gasteiger partial charge in [-0.15, -0.1) is 0 Å². The van der Waals surface area contributed by atoms with E-state index in [-0.39, 0.29) is 18.5 Å². The summed E-state index contributed by atoms with van der Waals surface area (Å²) in [6.45, 7) is 5.09. The predicted octanol–water partition coefficient (Wildman–Crippen LogP) is 1.92. The van der Waals surface area contributed by atoms with Gasteiger partial charge in [-0.2, -0.15) is 0 Å². The summed E-state index contributed by atoms with van der Waals surface area (Å²) in [5.74, 6) is -0.236. The third-order valence-corrected chi connectivity index (χ3v) is 3.00. The summed E-state index contributed by atoms with van der Waals surface area (Å²) in [4.78, 5) is 1.82. The van der Waals surface area contributed by atoms with Gasteiger partial charge in [0, 0.05) is 19.1 Å². The Bertz CT molecular complexity index is 357. The molecule has 0 aliphatic heterocycles. The molecule has 0 fully saturated rings. The van der Waals surface area contributed by atoms with Crippen molar-refractivity contribution in [3.8, 4) is 0 Å². The van der Waals surface area contributed by atoms with Gasteiger partial charge in [-0.05, 0) is 38.6 Å². The van der Waals surface area contributed by atoms with Crippen molar-refractivity contribution < 1.29 is 9.50 Å². The number of hydrogen-bond acceptors (Lipinski definition) is 3. The van der Waals surface area contributed by atoms with Crippen LogP contribution in [0.1, 0.15) is 25.5 Å². The molecule has 0 spiro atoms. The van der Waals surface area contributed by atoms with E-state index in [9.17, 15) is 4.39 Å². The van der Waals surface area contributed by atoms with E-state index in [2.05, 4.69) is 5.32 Å². The lowest BCUT2D eigenvalue weighted by molar-refractivity contribution is 0.302. The number of aliphatic hydroxyl groups is 1. The maximum absolute atomic E-state index is 14.0. The van der Waals surface area contributed by atoms with E-state index >= 15 is 0 Å². The Morgan fingerprint density at radius 2 is 2.18 bits per heavy atom. The van der Waals surface area contributed by atoms with Crippen LogP contribution in [0.4, 0.5) is 10.1 Å². The molecule has 17 heavy (non-hydrogen) atoms. The zero-order valence-electron chi connectivity index (χ0n) is 10.7. The predicted molar refractivity (Wildman–Crippen MR) is 68.8 cm³/mol. The SMILES string of the molecule is CCN(CCO)c1ccc(C(C)NC)cc1F. The van der Waals surface area contributed by atoms with E-state index in [1.807, 2.05) is 31.9 Å². The molecule has 0 saturated carbocycles. The maximum Gasteiger partial charge on any atom is 0.146 e. The standard InChI is InChI=1S/C13H21FN2O/c1-4-16(7-8-17)13-6-5-11(9-12(13)14)10(2)15-3/h5-6,9-10,15,17H,4,7-8H2,1-3H3. The molecule has 0 bridgehead atoms. The molecule has 0 aliphatic carbocycles. The lowest BCUT2D eigenvalue weighted by atomic mass is 10.1. The van der Waals surface area contributed by atoms with Crippen molar-refractivity contribution in [3.05, 3.63) is 29.6 Å². The molecule has 0 aromatic heterocycles. The smallest absolute Gasteiger partial charge is 0.146 e. The lowest BCUT2D eigenvalue weighted by Gasteiger charge is -2.23. The number of nitrogens with one attached hydrogen (secondary N) is 1. The molecule has 0 amide bonds. The largest absolute Gasteiger partial charge is 0.395 e. The summed E-state index contributed by atoms with van der Waals surface area (Å²) in [5, 5.41) is 12.0. The fourth-order valence-electron chi connectivity index (χ4n) is 1.79. The van der Waals surface area contributed by atoms with Gasteiger partial charge in [0.2, 0.25) is 0 Å². The molecule has 4 heteroatoms. The van der Waals surface area contributed by atoms with Crippen LogP contribution in [0.25, 0.3) is 0 Å². The van der Waals surface area contributed by atoms with Crippen LogP contribution in [0, 0.1) is 5.82 Å². The fourth-order valence-corrected chi connectivity index (χ4v) is 1.79. The van der Waals surface area contributed by atoms with Gasteiger partial charge in [-0.3, -0.25) is 0 Å². The van der Waals surface area contributed by atoms with E-state index in [1.165, 1.54) is 0 Å². The van der Waals surface area contributed by atoms with Crippen molar-refractivity contribution in [2.45, 2.75) is 19.9 Å². The Morgan fingerprint density at radius 3 is 2.65 bits per heavy atom. The van der Waals surface area contributed by atoms with E-state index < -0.39 is 0 Å². The molecule has 0 aliphatic rings. The Labute approximate surface area is 102 Å². The van der Waals surface area contributed by atoms with Gasteiger partial charge in [0.1, 0.15) is 5.82 Å². The van der Waals surface area contributed by atoms with Crippen LogP contribution in [-0.4, -0.2) is 31.9 Å². The number of aliphatic hydroxyl groups excluding tert-OH is 1. The summed E-state index contributed by atoms with van der Waals surface area (Å²) in [6, 6.07) is 5.37. The van der Waals surface area contributed by atoms with Crippen molar-refractivity contribution in [1.82, 2.24) is 5.32 Å². The molecule has 0 heterocycles.